The molecule has 1 aromatic carbocycles. The number of hydrogen-bond acceptors (Lipinski definition) is 4. The lowest BCUT2D eigenvalue weighted by molar-refractivity contribution is 0.0770. The third-order valence-corrected chi connectivity index (χ3v) is 5.82. The predicted octanol–water partition coefficient (Wildman–Crippen LogP) is 4.88. The summed E-state index contributed by atoms with van der Waals surface area (Å²) >= 11 is 3.14. The molecule has 5 heteroatoms. The monoisotopic (exact) mass is 356 g/mol. The van der Waals surface area contributed by atoms with Gasteiger partial charge in [-0.05, 0) is 37.3 Å². The Hall–Kier alpha value is -1.98. The van der Waals surface area contributed by atoms with Crippen molar-refractivity contribution >= 4 is 28.6 Å². The zero-order valence-corrected chi connectivity index (χ0v) is 15.5. The average Bonchev–Trinajstić information content (AvgIpc) is 3.25. The van der Waals surface area contributed by atoms with Crippen molar-refractivity contribution in [2.75, 3.05) is 13.1 Å². The van der Waals surface area contributed by atoms with Gasteiger partial charge in [-0.15, -0.1) is 11.3 Å². The third-order valence-electron chi connectivity index (χ3n) is 3.94. The number of aryl methyl sites for hydroxylation is 1. The van der Waals surface area contributed by atoms with Gasteiger partial charge in [0.05, 0.1) is 5.69 Å². The first kappa shape index (κ1) is 16.9. The van der Waals surface area contributed by atoms with Crippen LogP contribution in [0.5, 0.6) is 0 Å². The minimum Gasteiger partial charge on any atom is -0.338 e. The molecule has 0 saturated carbocycles. The summed E-state index contributed by atoms with van der Waals surface area (Å²) < 4.78 is 0. The minimum atomic E-state index is 0.0879. The molecule has 0 unspecified atom stereocenters. The van der Waals surface area contributed by atoms with E-state index in [-0.39, 0.29) is 5.91 Å². The molecule has 0 radical (unpaired) electrons. The lowest BCUT2D eigenvalue weighted by Gasteiger charge is -2.20. The average molecular weight is 357 g/mol. The molecule has 1 amide bonds. The number of nitrogens with zero attached hydrogens (tertiary/aromatic N) is 2. The molecule has 0 aliphatic heterocycles. The van der Waals surface area contributed by atoms with Crippen LogP contribution in [0.1, 0.15) is 27.9 Å². The number of thiophene rings is 1. The highest BCUT2D eigenvalue weighted by Gasteiger charge is 2.21. The van der Waals surface area contributed by atoms with E-state index < -0.39 is 0 Å². The van der Waals surface area contributed by atoms with Crippen molar-refractivity contribution < 1.29 is 4.79 Å². The number of aromatic nitrogens is 1. The van der Waals surface area contributed by atoms with E-state index >= 15 is 0 Å². The molecule has 3 nitrogen and oxygen atoms in total. The van der Waals surface area contributed by atoms with Crippen molar-refractivity contribution in [1.82, 2.24) is 9.88 Å². The number of thiazole rings is 1. The van der Waals surface area contributed by atoms with Gasteiger partial charge < -0.3 is 4.90 Å². The molecular weight excluding hydrogens is 336 g/mol. The Kier molecular flexibility index (Phi) is 5.43. The van der Waals surface area contributed by atoms with Crippen molar-refractivity contribution in [3.63, 3.8) is 0 Å². The molecule has 3 rings (SSSR count). The maximum Gasteiger partial charge on any atom is 0.265 e. The Morgan fingerprint density at radius 3 is 2.67 bits per heavy atom. The van der Waals surface area contributed by atoms with Crippen LogP contribution in [-0.2, 0) is 6.42 Å². The molecule has 0 aliphatic carbocycles. The first-order chi connectivity index (χ1) is 11.7. The van der Waals surface area contributed by atoms with Gasteiger partial charge in [0.15, 0.2) is 0 Å². The smallest absolute Gasteiger partial charge is 0.265 e. The van der Waals surface area contributed by atoms with E-state index in [0.29, 0.717) is 6.54 Å². The summed E-state index contributed by atoms with van der Waals surface area (Å²) in [7, 11) is 0. The summed E-state index contributed by atoms with van der Waals surface area (Å²) in [5, 5.41) is 5.03. The van der Waals surface area contributed by atoms with Gasteiger partial charge in [0.1, 0.15) is 9.88 Å². The number of rotatable bonds is 6. The summed E-state index contributed by atoms with van der Waals surface area (Å²) in [6.07, 6.45) is 0.871. The highest BCUT2D eigenvalue weighted by molar-refractivity contribution is 7.17. The van der Waals surface area contributed by atoms with E-state index in [1.807, 2.05) is 48.4 Å². The van der Waals surface area contributed by atoms with E-state index in [0.717, 1.165) is 34.1 Å². The fourth-order valence-electron chi connectivity index (χ4n) is 2.56. The molecule has 124 valence electrons. The number of carbonyl (C=O) groups excluding carboxylic acids is 1. The van der Waals surface area contributed by atoms with E-state index in [9.17, 15) is 4.79 Å². The number of carbonyl (C=O) groups is 1. The number of likely N-dealkylation sites (N-methyl/N-ethyl adjacent to an activating group) is 1. The Morgan fingerprint density at radius 1 is 1.21 bits per heavy atom. The zero-order valence-electron chi connectivity index (χ0n) is 13.9. The predicted molar refractivity (Wildman–Crippen MR) is 102 cm³/mol. The molecule has 2 aromatic heterocycles. The molecule has 0 N–H and O–H groups in total. The van der Waals surface area contributed by atoms with Crippen LogP contribution in [0.25, 0.3) is 10.6 Å². The van der Waals surface area contributed by atoms with Gasteiger partial charge in [-0.1, -0.05) is 30.3 Å². The first-order valence-corrected chi connectivity index (χ1v) is 9.78. The van der Waals surface area contributed by atoms with E-state index in [1.165, 1.54) is 16.9 Å². The fourth-order valence-corrected chi connectivity index (χ4v) is 4.31. The Bertz CT molecular complexity index is 794. The molecule has 3 aromatic rings. The van der Waals surface area contributed by atoms with Crippen LogP contribution in [0, 0.1) is 6.92 Å². The van der Waals surface area contributed by atoms with Crippen LogP contribution in [0.2, 0.25) is 0 Å². The molecule has 0 fully saturated rings. The van der Waals surface area contributed by atoms with Crippen LogP contribution in [0.4, 0.5) is 0 Å². The first-order valence-electron chi connectivity index (χ1n) is 8.02. The number of hydrogen-bond donors (Lipinski definition) is 0. The molecular formula is C19H20N2OS2. The minimum absolute atomic E-state index is 0.0879. The zero-order chi connectivity index (χ0) is 16.9. The van der Waals surface area contributed by atoms with Gasteiger partial charge in [-0.2, -0.15) is 11.3 Å². The highest BCUT2D eigenvalue weighted by atomic mass is 32.1. The number of benzene rings is 1. The maximum absolute atomic E-state index is 12.9. The lowest BCUT2D eigenvalue weighted by Crippen LogP contribution is -2.32. The molecule has 2 heterocycles. The summed E-state index contributed by atoms with van der Waals surface area (Å²) in [4.78, 5) is 20.2. The van der Waals surface area contributed by atoms with Crippen LogP contribution in [0.15, 0.2) is 47.2 Å². The third kappa shape index (κ3) is 3.74. The molecule has 24 heavy (non-hydrogen) atoms. The molecule has 0 saturated heterocycles. The van der Waals surface area contributed by atoms with Crippen molar-refractivity contribution in [2.45, 2.75) is 20.3 Å². The topological polar surface area (TPSA) is 33.2 Å². The maximum atomic E-state index is 12.9. The fraction of sp³-hybridized carbons (Fsp3) is 0.263. The SMILES string of the molecule is CCN(CCc1ccccc1)C(=O)c1sc(-c2ccsc2)nc1C. The van der Waals surface area contributed by atoms with Crippen molar-refractivity contribution in [1.29, 1.82) is 0 Å². The second-order valence-corrected chi connectivity index (χ2v) is 7.35. The summed E-state index contributed by atoms with van der Waals surface area (Å²) in [6.45, 7) is 5.38. The Balaban J connectivity index is 1.74. The Labute approximate surface area is 150 Å². The largest absolute Gasteiger partial charge is 0.338 e. The van der Waals surface area contributed by atoms with Crippen LogP contribution < -0.4 is 0 Å². The van der Waals surface area contributed by atoms with Gasteiger partial charge in [0.2, 0.25) is 0 Å². The second kappa shape index (κ2) is 7.73. The van der Waals surface area contributed by atoms with Gasteiger partial charge in [0.25, 0.3) is 5.91 Å². The quantitative estimate of drug-likeness (QED) is 0.630. The summed E-state index contributed by atoms with van der Waals surface area (Å²) in [5.74, 6) is 0.0879. The number of amides is 1. The van der Waals surface area contributed by atoms with E-state index in [4.69, 9.17) is 0 Å². The lowest BCUT2D eigenvalue weighted by atomic mass is 10.1. The molecule has 0 spiro atoms. The molecule has 0 aliphatic rings. The van der Waals surface area contributed by atoms with Gasteiger partial charge in [0, 0.05) is 24.0 Å². The van der Waals surface area contributed by atoms with E-state index in [2.05, 4.69) is 22.5 Å². The van der Waals surface area contributed by atoms with Gasteiger partial charge >= 0.3 is 0 Å². The second-order valence-electron chi connectivity index (χ2n) is 5.57. The molecule has 0 atom stereocenters. The van der Waals surface area contributed by atoms with Gasteiger partial charge in [-0.25, -0.2) is 4.98 Å². The summed E-state index contributed by atoms with van der Waals surface area (Å²) in [6, 6.07) is 12.3. The normalized spacial score (nSPS) is 10.8. The Morgan fingerprint density at radius 2 is 2.00 bits per heavy atom. The van der Waals surface area contributed by atoms with Gasteiger partial charge in [-0.3, -0.25) is 4.79 Å². The van der Waals surface area contributed by atoms with Crippen LogP contribution in [0.3, 0.4) is 0 Å². The van der Waals surface area contributed by atoms with Crippen molar-refractivity contribution in [2.24, 2.45) is 0 Å². The van der Waals surface area contributed by atoms with Crippen molar-refractivity contribution in [3.05, 3.63) is 63.3 Å². The van der Waals surface area contributed by atoms with E-state index in [1.54, 1.807) is 11.3 Å². The standard InChI is InChI=1S/C19H20N2OS2/c1-3-21(11-9-15-7-5-4-6-8-15)19(22)17-14(2)20-18(24-17)16-10-12-23-13-16/h4-8,10,12-13H,3,9,11H2,1-2H3. The van der Waals surface area contributed by atoms with Crippen LogP contribution in [-0.4, -0.2) is 28.9 Å². The van der Waals surface area contributed by atoms with Crippen LogP contribution >= 0.6 is 22.7 Å². The summed E-state index contributed by atoms with van der Waals surface area (Å²) in [5.41, 5.74) is 3.17. The van der Waals surface area contributed by atoms with Crippen molar-refractivity contribution in [3.8, 4) is 10.6 Å². The molecule has 0 bridgehead atoms. The highest BCUT2D eigenvalue weighted by Crippen LogP contribution is 2.30.